The SMILES string of the molecule is Cc1ccc(S(=O)(=O)OCC(C)(C)N(C)C)cc1. The molecule has 1 aromatic carbocycles. The molecule has 4 nitrogen and oxygen atoms in total. The van der Waals surface area contributed by atoms with Crippen LogP contribution in [0.2, 0.25) is 0 Å². The minimum atomic E-state index is -3.67. The van der Waals surface area contributed by atoms with Gasteiger partial charge in [0.25, 0.3) is 10.1 Å². The van der Waals surface area contributed by atoms with Crippen molar-refractivity contribution in [2.45, 2.75) is 31.2 Å². The van der Waals surface area contributed by atoms with Crippen molar-refractivity contribution in [3.8, 4) is 0 Å². The van der Waals surface area contributed by atoms with Gasteiger partial charge in [0.2, 0.25) is 0 Å². The van der Waals surface area contributed by atoms with Crippen LogP contribution in [0.15, 0.2) is 29.2 Å². The van der Waals surface area contributed by atoms with Crippen molar-refractivity contribution in [3.63, 3.8) is 0 Å². The predicted molar refractivity (Wildman–Crippen MR) is 72.1 cm³/mol. The van der Waals surface area contributed by atoms with E-state index in [2.05, 4.69) is 0 Å². The number of aryl methyl sites for hydroxylation is 1. The summed E-state index contributed by atoms with van der Waals surface area (Å²) in [5, 5.41) is 0. The van der Waals surface area contributed by atoms with Gasteiger partial charge in [-0.1, -0.05) is 17.7 Å². The molecular formula is C13H21NO3S. The summed E-state index contributed by atoms with van der Waals surface area (Å²) in [4.78, 5) is 2.13. The molecule has 0 radical (unpaired) electrons. The lowest BCUT2D eigenvalue weighted by molar-refractivity contribution is 0.117. The van der Waals surface area contributed by atoms with E-state index in [4.69, 9.17) is 4.18 Å². The number of likely N-dealkylation sites (N-methyl/N-ethyl adjacent to an activating group) is 1. The summed E-state index contributed by atoms with van der Waals surface area (Å²) in [7, 11) is 0.111. The summed E-state index contributed by atoms with van der Waals surface area (Å²) < 4.78 is 29.1. The summed E-state index contributed by atoms with van der Waals surface area (Å²) in [6.07, 6.45) is 0. The maximum Gasteiger partial charge on any atom is 0.297 e. The molecule has 0 aliphatic rings. The van der Waals surface area contributed by atoms with Crippen molar-refractivity contribution in [1.29, 1.82) is 0 Å². The second-order valence-electron chi connectivity index (χ2n) is 5.24. The van der Waals surface area contributed by atoms with Crippen molar-refractivity contribution in [1.82, 2.24) is 4.90 Å². The maximum atomic E-state index is 12.0. The zero-order valence-corrected chi connectivity index (χ0v) is 12.4. The van der Waals surface area contributed by atoms with Crippen molar-refractivity contribution in [2.75, 3.05) is 20.7 Å². The van der Waals surface area contributed by atoms with Gasteiger partial charge < -0.3 is 4.90 Å². The topological polar surface area (TPSA) is 46.6 Å². The third kappa shape index (κ3) is 3.80. The van der Waals surface area contributed by atoms with E-state index in [0.29, 0.717) is 0 Å². The molecule has 0 spiro atoms. The van der Waals surface area contributed by atoms with Gasteiger partial charge in [-0.05, 0) is 47.0 Å². The smallest absolute Gasteiger partial charge is 0.297 e. The van der Waals surface area contributed by atoms with E-state index < -0.39 is 10.1 Å². The predicted octanol–water partition coefficient (Wildman–Crippen LogP) is 2.04. The van der Waals surface area contributed by atoms with Gasteiger partial charge in [-0.25, -0.2) is 0 Å². The van der Waals surface area contributed by atoms with Crippen LogP contribution in [-0.2, 0) is 14.3 Å². The number of benzene rings is 1. The normalized spacial score (nSPS) is 13.0. The summed E-state index contributed by atoms with van der Waals surface area (Å²) >= 11 is 0. The fourth-order valence-electron chi connectivity index (χ4n) is 1.12. The second-order valence-corrected chi connectivity index (χ2v) is 6.85. The van der Waals surface area contributed by atoms with Gasteiger partial charge >= 0.3 is 0 Å². The van der Waals surface area contributed by atoms with Crippen LogP contribution < -0.4 is 0 Å². The molecule has 5 heteroatoms. The van der Waals surface area contributed by atoms with E-state index in [1.165, 1.54) is 0 Å². The first kappa shape index (κ1) is 15.1. The van der Waals surface area contributed by atoms with E-state index in [1.807, 2.05) is 39.8 Å². The largest absolute Gasteiger partial charge is 0.302 e. The molecule has 1 rings (SSSR count). The standard InChI is InChI=1S/C13H21NO3S/c1-11-6-8-12(9-7-11)18(15,16)17-10-13(2,3)14(4)5/h6-9H,10H2,1-5H3. The molecule has 1 aromatic rings. The third-order valence-electron chi connectivity index (χ3n) is 3.09. The van der Waals surface area contributed by atoms with Gasteiger partial charge in [0, 0.05) is 5.54 Å². The minimum absolute atomic E-state index is 0.121. The summed E-state index contributed by atoms with van der Waals surface area (Å²) in [6, 6.07) is 6.64. The lowest BCUT2D eigenvalue weighted by Crippen LogP contribution is -2.43. The van der Waals surface area contributed by atoms with Crippen LogP contribution in [0, 0.1) is 6.92 Å². The molecule has 0 N–H and O–H groups in total. The highest BCUT2D eigenvalue weighted by Crippen LogP contribution is 2.17. The highest BCUT2D eigenvalue weighted by atomic mass is 32.2. The fourth-order valence-corrected chi connectivity index (χ4v) is 2.17. The Labute approximate surface area is 110 Å². The molecular weight excluding hydrogens is 250 g/mol. The van der Waals surface area contributed by atoms with Crippen molar-refractivity contribution >= 4 is 10.1 Å². The maximum absolute atomic E-state index is 12.0. The molecule has 0 atom stereocenters. The molecule has 0 aromatic heterocycles. The number of rotatable bonds is 5. The van der Waals surface area contributed by atoms with Crippen LogP contribution >= 0.6 is 0 Å². The Morgan fingerprint density at radius 1 is 1.17 bits per heavy atom. The van der Waals surface area contributed by atoms with Crippen LogP contribution in [0.25, 0.3) is 0 Å². The van der Waals surface area contributed by atoms with E-state index >= 15 is 0 Å². The minimum Gasteiger partial charge on any atom is -0.302 e. The summed E-state index contributed by atoms with van der Waals surface area (Å²) in [5.74, 6) is 0. The van der Waals surface area contributed by atoms with Crippen molar-refractivity contribution in [3.05, 3.63) is 29.8 Å². The Kier molecular flexibility index (Phi) is 4.53. The molecule has 0 bridgehead atoms. The lowest BCUT2D eigenvalue weighted by Gasteiger charge is -2.31. The molecule has 0 fully saturated rings. The van der Waals surface area contributed by atoms with E-state index in [1.54, 1.807) is 24.3 Å². The van der Waals surface area contributed by atoms with Crippen LogP contribution in [0.1, 0.15) is 19.4 Å². The first-order chi connectivity index (χ1) is 8.15. The van der Waals surface area contributed by atoms with E-state index in [9.17, 15) is 8.42 Å². The summed E-state index contributed by atoms with van der Waals surface area (Å²) in [6.45, 7) is 5.89. The number of hydrogen-bond acceptors (Lipinski definition) is 4. The molecule has 102 valence electrons. The Balaban J connectivity index is 2.81. The first-order valence-electron chi connectivity index (χ1n) is 5.79. The van der Waals surface area contributed by atoms with E-state index in [-0.39, 0.29) is 17.0 Å². The van der Waals surface area contributed by atoms with Gasteiger partial charge in [0.05, 0.1) is 11.5 Å². The Morgan fingerprint density at radius 3 is 2.11 bits per heavy atom. The second kappa shape index (κ2) is 5.38. The van der Waals surface area contributed by atoms with Gasteiger partial charge in [-0.15, -0.1) is 0 Å². The van der Waals surface area contributed by atoms with Crippen LogP contribution in [0.4, 0.5) is 0 Å². The highest BCUT2D eigenvalue weighted by Gasteiger charge is 2.25. The van der Waals surface area contributed by atoms with Gasteiger partial charge in [-0.2, -0.15) is 8.42 Å². The van der Waals surface area contributed by atoms with E-state index in [0.717, 1.165) is 5.56 Å². The summed E-state index contributed by atoms with van der Waals surface area (Å²) in [5.41, 5.74) is 0.681. The molecule has 0 saturated carbocycles. The van der Waals surface area contributed by atoms with Gasteiger partial charge in [0.1, 0.15) is 0 Å². The quantitative estimate of drug-likeness (QED) is 0.769. The fraction of sp³-hybridized carbons (Fsp3) is 0.538. The molecule has 0 amide bonds. The molecule has 0 aliphatic carbocycles. The monoisotopic (exact) mass is 271 g/mol. The number of hydrogen-bond donors (Lipinski definition) is 0. The molecule has 0 aliphatic heterocycles. The number of nitrogens with zero attached hydrogens (tertiary/aromatic N) is 1. The zero-order valence-electron chi connectivity index (χ0n) is 11.6. The van der Waals surface area contributed by atoms with Gasteiger partial charge in [0.15, 0.2) is 0 Å². The molecule has 0 unspecified atom stereocenters. The van der Waals surface area contributed by atoms with Crippen molar-refractivity contribution < 1.29 is 12.6 Å². The Bertz CT molecular complexity index is 489. The molecule has 0 heterocycles. The average Bonchev–Trinajstić information content (AvgIpc) is 2.27. The Morgan fingerprint density at radius 2 is 1.67 bits per heavy atom. The molecule has 0 saturated heterocycles. The van der Waals surface area contributed by atoms with Crippen molar-refractivity contribution in [2.24, 2.45) is 0 Å². The van der Waals surface area contributed by atoms with Gasteiger partial charge in [-0.3, -0.25) is 4.18 Å². The van der Waals surface area contributed by atoms with Crippen LogP contribution in [0.3, 0.4) is 0 Å². The lowest BCUT2D eigenvalue weighted by atomic mass is 10.1. The Hall–Kier alpha value is -0.910. The van der Waals surface area contributed by atoms with Crippen LogP contribution in [-0.4, -0.2) is 39.6 Å². The zero-order chi connectivity index (χ0) is 14.0. The van der Waals surface area contributed by atoms with Crippen LogP contribution in [0.5, 0.6) is 0 Å². The first-order valence-corrected chi connectivity index (χ1v) is 7.19. The third-order valence-corrected chi connectivity index (χ3v) is 4.37. The average molecular weight is 271 g/mol. The highest BCUT2D eigenvalue weighted by molar-refractivity contribution is 7.86. The molecule has 18 heavy (non-hydrogen) atoms.